The van der Waals surface area contributed by atoms with E-state index in [-0.39, 0.29) is 28.1 Å². The van der Waals surface area contributed by atoms with Crippen molar-refractivity contribution in [2.75, 3.05) is 17.9 Å². The van der Waals surface area contributed by atoms with E-state index in [4.69, 9.17) is 9.47 Å². The number of anilines is 1. The Kier molecular flexibility index (Phi) is 6.74. The molecule has 1 aliphatic heterocycles. The largest absolute Gasteiger partial charge is 0.486 e. The van der Waals surface area contributed by atoms with Crippen molar-refractivity contribution in [2.24, 2.45) is 5.92 Å². The number of hydrogen-bond donors (Lipinski definition) is 2. The number of benzene rings is 3. The van der Waals surface area contributed by atoms with Gasteiger partial charge in [-0.1, -0.05) is 38.1 Å². The summed E-state index contributed by atoms with van der Waals surface area (Å²) in [6.45, 7) is 4.89. The van der Waals surface area contributed by atoms with Gasteiger partial charge >= 0.3 is 0 Å². The first-order valence-electron chi connectivity index (χ1n) is 10.8. The number of nitrogens with one attached hydrogen (secondary N) is 2. The third-order valence-electron chi connectivity index (χ3n) is 5.40. The molecule has 1 amide bonds. The van der Waals surface area contributed by atoms with Crippen molar-refractivity contribution in [2.45, 2.75) is 24.8 Å². The van der Waals surface area contributed by atoms with Crippen molar-refractivity contribution in [3.05, 3.63) is 83.7 Å². The first-order valence-corrected chi connectivity index (χ1v) is 12.3. The van der Waals surface area contributed by atoms with E-state index in [1.165, 1.54) is 42.5 Å². The van der Waals surface area contributed by atoms with Gasteiger partial charge in [0.05, 0.1) is 16.6 Å². The molecule has 34 heavy (non-hydrogen) atoms. The summed E-state index contributed by atoms with van der Waals surface area (Å²) in [4.78, 5) is 12.9. The number of amides is 1. The molecule has 178 valence electrons. The van der Waals surface area contributed by atoms with E-state index in [2.05, 4.69) is 10.0 Å². The molecule has 0 saturated carbocycles. The van der Waals surface area contributed by atoms with Crippen LogP contribution in [0, 0.1) is 11.7 Å². The Labute approximate surface area is 198 Å². The lowest BCUT2D eigenvalue weighted by molar-refractivity contribution is 0.0925. The zero-order valence-corrected chi connectivity index (χ0v) is 19.6. The normalized spacial score (nSPS) is 13.9. The van der Waals surface area contributed by atoms with Gasteiger partial charge in [0.25, 0.3) is 15.9 Å². The number of carbonyl (C=O) groups is 1. The van der Waals surface area contributed by atoms with E-state index in [0.717, 1.165) is 11.6 Å². The summed E-state index contributed by atoms with van der Waals surface area (Å²) >= 11 is 0. The van der Waals surface area contributed by atoms with Crippen molar-refractivity contribution in [1.82, 2.24) is 5.32 Å². The molecule has 1 aliphatic rings. The van der Waals surface area contributed by atoms with Crippen LogP contribution in [0.4, 0.5) is 10.1 Å². The van der Waals surface area contributed by atoms with Crippen molar-refractivity contribution < 1.29 is 27.1 Å². The van der Waals surface area contributed by atoms with Gasteiger partial charge in [-0.25, -0.2) is 12.8 Å². The monoisotopic (exact) mass is 484 g/mol. The van der Waals surface area contributed by atoms with Gasteiger partial charge in [-0.15, -0.1) is 0 Å². The van der Waals surface area contributed by atoms with Crippen molar-refractivity contribution in [1.29, 1.82) is 0 Å². The van der Waals surface area contributed by atoms with Crippen molar-refractivity contribution in [3.63, 3.8) is 0 Å². The molecule has 0 spiro atoms. The molecule has 0 saturated heterocycles. The molecule has 3 aromatic rings. The average Bonchev–Trinajstić information content (AvgIpc) is 2.83. The Hall–Kier alpha value is -3.59. The molecule has 0 aliphatic carbocycles. The maximum Gasteiger partial charge on any atom is 0.262 e. The van der Waals surface area contributed by atoms with Gasteiger partial charge in [-0.2, -0.15) is 0 Å². The van der Waals surface area contributed by atoms with Gasteiger partial charge < -0.3 is 14.8 Å². The third-order valence-corrected chi connectivity index (χ3v) is 6.77. The Balaban J connectivity index is 1.56. The van der Waals surface area contributed by atoms with Gasteiger partial charge in [-0.3, -0.25) is 9.52 Å². The second-order valence-electron chi connectivity index (χ2n) is 8.21. The van der Waals surface area contributed by atoms with Crippen LogP contribution in [0.3, 0.4) is 0 Å². The minimum atomic E-state index is -4.10. The number of rotatable bonds is 7. The van der Waals surface area contributed by atoms with Crippen LogP contribution in [0.5, 0.6) is 11.5 Å². The van der Waals surface area contributed by atoms with Gasteiger partial charge in [0.2, 0.25) is 0 Å². The SMILES string of the molecule is CC(C)[C@@H](NC(=O)c1cccc(S(=O)(=O)Nc2ccccc2F)c1)c1ccc2c(c1)OCCO2. The summed E-state index contributed by atoms with van der Waals surface area (Å²) in [5.74, 6) is 0.192. The number of carbonyl (C=O) groups excluding carboxylic acids is 1. The molecule has 0 radical (unpaired) electrons. The van der Waals surface area contributed by atoms with Crippen molar-refractivity contribution >= 4 is 21.6 Å². The van der Waals surface area contributed by atoms with E-state index >= 15 is 0 Å². The highest BCUT2D eigenvalue weighted by atomic mass is 32.2. The fourth-order valence-corrected chi connectivity index (χ4v) is 4.78. The summed E-state index contributed by atoms with van der Waals surface area (Å²) in [5.41, 5.74) is 0.841. The highest BCUT2D eigenvalue weighted by molar-refractivity contribution is 7.92. The molecule has 1 atom stereocenters. The van der Waals surface area contributed by atoms with Gasteiger partial charge in [0, 0.05) is 5.56 Å². The van der Waals surface area contributed by atoms with Gasteiger partial charge in [0.15, 0.2) is 11.5 Å². The van der Waals surface area contributed by atoms with Crippen LogP contribution in [0.25, 0.3) is 0 Å². The number of hydrogen-bond acceptors (Lipinski definition) is 5. The zero-order valence-electron chi connectivity index (χ0n) is 18.7. The van der Waals surface area contributed by atoms with E-state index in [9.17, 15) is 17.6 Å². The topological polar surface area (TPSA) is 93.7 Å². The molecular formula is C25H25FN2O5S. The van der Waals surface area contributed by atoms with Crippen LogP contribution in [0.2, 0.25) is 0 Å². The van der Waals surface area contributed by atoms with E-state index in [0.29, 0.717) is 24.7 Å². The predicted octanol–water partition coefficient (Wildman–Crippen LogP) is 4.52. The second-order valence-corrected chi connectivity index (χ2v) is 9.89. The summed E-state index contributed by atoms with van der Waals surface area (Å²) < 4.78 is 52.9. The molecule has 9 heteroatoms. The first kappa shape index (κ1) is 23.6. The summed E-state index contributed by atoms with van der Waals surface area (Å²) in [6, 6.07) is 16.3. The maximum atomic E-state index is 13.9. The molecule has 1 heterocycles. The standard InChI is InChI=1S/C25H25FN2O5S/c1-16(2)24(17-10-11-22-23(15-17)33-13-12-32-22)27-25(29)18-6-5-7-19(14-18)34(30,31)28-21-9-4-3-8-20(21)26/h3-11,14-16,24,28H,12-13H2,1-2H3,(H,27,29)/t24-/m1/s1. The van der Waals surface area contributed by atoms with Crippen LogP contribution in [-0.2, 0) is 10.0 Å². The quantitative estimate of drug-likeness (QED) is 0.514. The fraction of sp³-hybridized carbons (Fsp3) is 0.240. The van der Waals surface area contributed by atoms with Crippen LogP contribution >= 0.6 is 0 Å². The maximum absolute atomic E-state index is 13.9. The van der Waals surface area contributed by atoms with E-state index < -0.39 is 21.7 Å². The number of sulfonamides is 1. The second kappa shape index (κ2) is 9.72. The van der Waals surface area contributed by atoms with Crippen LogP contribution in [0.15, 0.2) is 71.6 Å². The average molecular weight is 485 g/mol. The Morgan fingerprint density at radius 3 is 2.41 bits per heavy atom. The number of ether oxygens (including phenoxy) is 2. The van der Waals surface area contributed by atoms with E-state index in [1.807, 2.05) is 32.0 Å². The fourth-order valence-electron chi connectivity index (χ4n) is 3.67. The number of fused-ring (bicyclic) bond motifs is 1. The Bertz CT molecular complexity index is 1310. The van der Waals surface area contributed by atoms with Gasteiger partial charge in [0.1, 0.15) is 19.0 Å². The van der Waals surface area contributed by atoms with Crippen LogP contribution in [0.1, 0.15) is 35.8 Å². The molecule has 2 N–H and O–H groups in total. The summed E-state index contributed by atoms with van der Waals surface area (Å²) in [5, 5.41) is 2.98. The lowest BCUT2D eigenvalue weighted by atomic mass is 9.95. The van der Waals surface area contributed by atoms with Crippen molar-refractivity contribution in [3.8, 4) is 11.5 Å². The molecule has 0 fully saturated rings. The highest BCUT2D eigenvalue weighted by Crippen LogP contribution is 2.34. The lowest BCUT2D eigenvalue weighted by Crippen LogP contribution is -2.32. The molecule has 0 bridgehead atoms. The minimum absolute atomic E-state index is 0.0427. The van der Waals surface area contributed by atoms with Crippen LogP contribution < -0.4 is 19.5 Å². The zero-order chi connectivity index (χ0) is 24.3. The third kappa shape index (κ3) is 5.14. The Morgan fingerprint density at radius 1 is 0.941 bits per heavy atom. The molecular weight excluding hydrogens is 459 g/mol. The number of halogens is 1. The Morgan fingerprint density at radius 2 is 1.68 bits per heavy atom. The highest BCUT2D eigenvalue weighted by Gasteiger charge is 2.23. The molecule has 0 aromatic heterocycles. The summed E-state index contributed by atoms with van der Waals surface area (Å²) in [7, 11) is -4.10. The van der Waals surface area contributed by atoms with Crippen LogP contribution in [-0.4, -0.2) is 27.5 Å². The number of para-hydroxylation sites is 1. The molecule has 7 nitrogen and oxygen atoms in total. The molecule has 4 rings (SSSR count). The smallest absolute Gasteiger partial charge is 0.262 e. The van der Waals surface area contributed by atoms with Gasteiger partial charge in [-0.05, 0) is 53.9 Å². The summed E-state index contributed by atoms with van der Waals surface area (Å²) in [6.07, 6.45) is 0. The predicted molar refractivity (Wildman–Crippen MR) is 126 cm³/mol. The minimum Gasteiger partial charge on any atom is -0.486 e. The molecule has 0 unspecified atom stereocenters. The lowest BCUT2D eigenvalue weighted by Gasteiger charge is -2.25. The van der Waals surface area contributed by atoms with E-state index in [1.54, 1.807) is 0 Å². The molecule has 3 aromatic carbocycles. The first-order chi connectivity index (χ1) is 16.2.